The summed E-state index contributed by atoms with van der Waals surface area (Å²) in [4.78, 5) is 22.7. The summed E-state index contributed by atoms with van der Waals surface area (Å²) in [6, 6.07) is 2.58. The van der Waals surface area contributed by atoms with Gasteiger partial charge in [0.25, 0.3) is 5.91 Å². The second-order valence-electron chi connectivity index (χ2n) is 2.88. The molecule has 2 N–H and O–H groups in total. The quantitative estimate of drug-likeness (QED) is 0.893. The number of rotatable bonds is 4. The van der Waals surface area contributed by atoms with Crippen LogP contribution in [0.5, 0.6) is 0 Å². The van der Waals surface area contributed by atoms with Crippen molar-refractivity contribution < 1.29 is 14.7 Å². The average Bonchev–Trinajstić information content (AvgIpc) is 2.60. The number of thiophene rings is 1. The maximum atomic E-state index is 11.5. The lowest BCUT2D eigenvalue weighted by Crippen LogP contribution is -2.39. The molecule has 0 aliphatic rings. The molecule has 0 radical (unpaired) electrons. The minimum absolute atomic E-state index is 0.347. The number of carboxylic acids is 1. The second kappa shape index (κ2) is 5.27. The van der Waals surface area contributed by atoms with Crippen LogP contribution in [0.25, 0.3) is 0 Å². The monoisotopic (exact) mass is 291 g/mol. The SMILES string of the molecule is CC[C@H](NC(=O)c1ccc(Br)s1)C(=O)O. The summed E-state index contributed by atoms with van der Waals surface area (Å²) in [5, 5.41) is 11.2. The molecule has 0 unspecified atom stereocenters. The first-order chi connectivity index (χ1) is 7.04. The van der Waals surface area contributed by atoms with Crippen molar-refractivity contribution in [3.63, 3.8) is 0 Å². The van der Waals surface area contributed by atoms with Crippen LogP contribution in [-0.4, -0.2) is 23.0 Å². The van der Waals surface area contributed by atoms with Gasteiger partial charge < -0.3 is 10.4 Å². The number of carbonyl (C=O) groups is 2. The minimum atomic E-state index is -1.01. The van der Waals surface area contributed by atoms with Gasteiger partial charge in [0.2, 0.25) is 0 Å². The summed E-state index contributed by atoms with van der Waals surface area (Å²) >= 11 is 4.51. The van der Waals surface area contributed by atoms with Crippen LogP contribution in [0.1, 0.15) is 23.0 Å². The molecule has 0 aliphatic heterocycles. The zero-order valence-electron chi connectivity index (χ0n) is 7.99. The largest absolute Gasteiger partial charge is 0.480 e. The number of hydrogen-bond acceptors (Lipinski definition) is 3. The molecule has 15 heavy (non-hydrogen) atoms. The Morgan fingerprint density at radius 2 is 2.27 bits per heavy atom. The molecule has 4 nitrogen and oxygen atoms in total. The summed E-state index contributed by atoms with van der Waals surface area (Å²) in [6.45, 7) is 1.71. The molecule has 0 saturated heterocycles. The zero-order chi connectivity index (χ0) is 11.4. The smallest absolute Gasteiger partial charge is 0.326 e. The molecule has 1 atom stereocenters. The summed E-state index contributed by atoms with van der Waals surface area (Å²) < 4.78 is 0.844. The molecule has 1 heterocycles. The fraction of sp³-hybridized carbons (Fsp3) is 0.333. The third kappa shape index (κ3) is 3.32. The van der Waals surface area contributed by atoms with Crippen molar-refractivity contribution in [3.05, 3.63) is 20.8 Å². The van der Waals surface area contributed by atoms with E-state index in [9.17, 15) is 9.59 Å². The van der Waals surface area contributed by atoms with E-state index in [0.29, 0.717) is 11.3 Å². The van der Waals surface area contributed by atoms with E-state index in [1.54, 1.807) is 19.1 Å². The van der Waals surface area contributed by atoms with E-state index < -0.39 is 12.0 Å². The first kappa shape index (κ1) is 12.2. The highest BCUT2D eigenvalue weighted by atomic mass is 79.9. The van der Waals surface area contributed by atoms with Crippen molar-refractivity contribution in [2.75, 3.05) is 0 Å². The summed E-state index contributed by atoms with van der Waals surface area (Å²) in [5.41, 5.74) is 0. The van der Waals surface area contributed by atoms with E-state index in [1.165, 1.54) is 11.3 Å². The van der Waals surface area contributed by atoms with Gasteiger partial charge in [-0.25, -0.2) is 4.79 Å². The molecule has 0 fully saturated rings. The highest BCUT2D eigenvalue weighted by Crippen LogP contribution is 2.21. The fourth-order valence-corrected chi connectivity index (χ4v) is 2.29. The normalized spacial score (nSPS) is 12.1. The van der Waals surface area contributed by atoms with E-state index in [4.69, 9.17) is 5.11 Å². The highest BCUT2D eigenvalue weighted by Gasteiger charge is 2.19. The number of carboxylic acid groups (broad SMARTS) is 1. The van der Waals surface area contributed by atoms with E-state index in [0.717, 1.165) is 3.79 Å². The lowest BCUT2D eigenvalue weighted by molar-refractivity contribution is -0.139. The van der Waals surface area contributed by atoms with Crippen molar-refractivity contribution in [1.82, 2.24) is 5.32 Å². The Bertz CT molecular complexity index is 377. The zero-order valence-corrected chi connectivity index (χ0v) is 10.4. The Hall–Kier alpha value is -0.880. The molecule has 0 bridgehead atoms. The molecular weight excluding hydrogens is 282 g/mol. The average molecular weight is 292 g/mol. The van der Waals surface area contributed by atoms with Gasteiger partial charge >= 0.3 is 5.97 Å². The number of carbonyl (C=O) groups excluding carboxylic acids is 1. The van der Waals surface area contributed by atoms with E-state index in [-0.39, 0.29) is 5.91 Å². The topological polar surface area (TPSA) is 66.4 Å². The molecule has 1 aromatic rings. The maximum absolute atomic E-state index is 11.5. The van der Waals surface area contributed by atoms with Crippen LogP contribution in [0.2, 0.25) is 0 Å². The van der Waals surface area contributed by atoms with Crippen LogP contribution >= 0.6 is 27.3 Å². The highest BCUT2D eigenvalue weighted by molar-refractivity contribution is 9.11. The second-order valence-corrected chi connectivity index (χ2v) is 5.34. The number of hydrogen-bond donors (Lipinski definition) is 2. The van der Waals surface area contributed by atoms with Gasteiger partial charge in [0.05, 0.1) is 8.66 Å². The summed E-state index contributed by atoms with van der Waals surface area (Å²) in [7, 11) is 0. The lowest BCUT2D eigenvalue weighted by Gasteiger charge is -2.10. The van der Waals surface area contributed by atoms with Crippen LogP contribution < -0.4 is 5.32 Å². The number of amides is 1. The number of nitrogens with one attached hydrogen (secondary N) is 1. The Labute approximate surface area is 99.4 Å². The van der Waals surface area contributed by atoms with E-state index >= 15 is 0 Å². The fourth-order valence-electron chi connectivity index (χ4n) is 1.00. The van der Waals surface area contributed by atoms with Crippen molar-refractivity contribution in [1.29, 1.82) is 0 Å². The van der Waals surface area contributed by atoms with Gasteiger partial charge in [0, 0.05) is 0 Å². The van der Waals surface area contributed by atoms with Gasteiger partial charge in [-0.05, 0) is 34.5 Å². The van der Waals surface area contributed by atoms with Gasteiger partial charge in [-0.3, -0.25) is 4.79 Å². The van der Waals surface area contributed by atoms with Gasteiger partial charge in [-0.2, -0.15) is 0 Å². The maximum Gasteiger partial charge on any atom is 0.326 e. The lowest BCUT2D eigenvalue weighted by atomic mass is 10.2. The molecule has 1 aromatic heterocycles. The van der Waals surface area contributed by atoms with Gasteiger partial charge in [0.15, 0.2) is 0 Å². The Balaban J connectivity index is 2.66. The Kier molecular flexibility index (Phi) is 4.28. The molecule has 0 saturated carbocycles. The first-order valence-electron chi connectivity index (χ1n) is 4.33. The van der Waals surface area contributed by atoms with Gasteiger partial charge in [-0.15, -0.1) is 11.3 Å². The molecule has 0 spiro atoms. The van der Waals surface area contributed by atoms with Gasteiger partial charge in [0.1, 0.15) is 6.04 Å². The standard InChI is InChI=1S/C9H10BrNO3S/c1-2-5(9(13)14)11-8(12)6-3-4-7(10)15-6/h3-5H,2H2,1H3,(H,11,12)(H,13,14)/t5-/m0/s1. The summed E-state index contributed by atoms with van der Waals surface area (Å²) in [6.07, 6.45) is 0.369. The predicted octanol–water partition coefficient (Wildman–Crippen LogP) is 2.10. The Morgan fingerprint density at radius 1 is 1.60 bits per heavy atom. The number of halogens is 1. The van der Waals surface area contributed by atoms with Crippen molar-refractivity contribution >= 4 is 39.1 Å². The molecule has 0 aromatic carbocycles. The molecule has 1 rings (SSSR count). The minimum Gasteiger partial charge on any atom is -0.480 e. The third-order valence-corrected chi connectivity index (χ3v) is 3.43. The molecule has 82 valence electrons. The van der Waals surface area contributed by atoms with Gasteiger partial charge in [-0.1, -0.05) is 6.92 Å². The molecular formula is C9H10BrNO3S. The van der Waals surface area contributed by atoms with Crippen LogP contribution in [0.15, 0.2) is 15.9 Å². The van der Waals surface area contributed by atoms with Crippen LogP contribution in [0, 0.1) is 0 Å². The van der Waals surface area contributed by atoms with Crippen molar-refractivity contribution in [2.45, 2.75) is 19.4 Å². The van der Waals surface area contributed by atoms with E-state index in [1.807, 2.05) is 0 Å². The van der Waals surface area contributed by atoms with Crippen LogP contribution in [0.3, 0.4) is 0 Å². The molecule has 0 aliphatic carbocycles. The van der Waals surface area contributed by atoms with Crippen molar-refractivity contribution in [3.8, 4) is 0 Å². The third-order valence-electron chi connectivity index (χ3n) is 1.81. The summed E-state index contributed by atoms with van der Waals surface area (Å²) in [5.74, 6) is -1.36. The predicted molar refractivity (Wildman–Crippen MR) is 61.2 cm³/mol. The molecule has 1 amide bonds. The van der Waals surface area contributed by atoms with Crippen LogP contribution in [-0.2, 0) is 4.79 Å². The van der Waals surface area contributed by atoms with E-state index in [2.05, 4.69) is 21.2 Å². The first-order valence-corrected chi connectivity index (χ1v) is 5.94. The Morgan fingerprint density at radius 3 is 2.67 bits per heavy atom. The number of aliphatic carboxylic acids is 1. The van der Waals surface area contributed by atoms with Crippen molar-refractivity contribution in [2.24, 2.45) is 0 Å². The van der Waals surface area contributed by atoms with Crippen LogP contribution in [0.4, 0.5) is 0 Å². The molecule has 6 heteroatoms.